The van der Waals surface area contributed by atoms with E-state index in [0.29, 0.717) is 0 Å². The first-order valence-corrected chi connectivity index (χ1v) is 4.94. The van der Waals surface area contributed by atoms with Gasteiger partial charge in [-0.1, -0.05) is 5.92 Å². The Balaban J connectivity index is 2.53. The third-order valence-corrected chi connectivity index (χ3v) is 2.55. The Morgan fingerprint density at radius 2 is 2.57 bits per heavy atom. The molecule has 0 atom stereocenters. The summed E-state index contributed by atoms with van der Waals surface area (Å²) in [6, 6.07) is 2.00. The minimum atomic E-state index is -0.407. The number of esters is 1. The molecule has 0 spiro atoms. The summed E-state index contributed by atoms with van der Waals surface area (Å²) in [5, 5.41) is 1.97. The average molecular weight is 206 g/mol. The van der Waals surface area contributed by atoms with Crippen LogP contribution in [0, 0.1) is 19.3 Å². The van der Waals surface area contributed by atoms with Gasteiger partial charge in [0.05, 0.1) is 0 Å². The molecule has 1 rings (SSSR count). The summed E-state index contributed by atoms with van der Waals surface area (Å²) in [6.45, 7) is 2.01. The highest BCUT2D eigenvalue weighted by molar-refractivity contribution is 7.11. The molecule has 0 aliphatic carbocycles. The molecule has 0 unspecified atom stereocenters. The van der Waals surface area contributed by atoms with E-state index in [1.165, 1.54) is 6.08 Å². The van der Waals surface area contributed by atoms with E-state index >= 15 is 0 Å². The van der Waals surface area contributed by atoms with Crippen LogP contribution in [-0.2, 0) is 9.53 Å². The molecule has 3 heteroatoms. The molecule has 1 heterocycles. The zero-order valence-corrected chi connectivity index (χ0v) is 8.64. The molecular weight excluding hydrogens is 196 g/mol. The summed E-state index contributed by atoms with van der Waals surface area (Å²) in [4.78, 5) is 12.1. The Morgan fingerprint density at radius 3 is 3.14 bits per heavy atom. The number of aryl methyl sites for hydroxylation is 1. The van der Waals surface area contributed by atoms with Crippen molar-refractivity contribution in [3.05, 3.63) is 28.0 Å². The van der Waals surface area contributed by atoms with Gasteiger partial charge in [-0.25, -0.2) is 4.79 Å². The molecule has 0 bridgehead atoms. The van der Waals surface area contributed by atoms with E-state index < -0.39 is 5.97 Å². The van der Waals surface area contributed by atoms with Gasteiger partial charge in [-0.05, 0) is 30.0 Å². The Bertz CT molecular complexity index is 382. The first kappa shape index (κ1) is 10.6. The lowest BCUT2D eigenvalue weighted by atomic mass is 10.3. The minimum absolute atomic E-state index is 0.0204. The van der Waals surface area contributed by atoms with Gasteiger partial charge < -0.3 is 4.74 Å². The summed E-state index contributed by atoms with van der Waals surface area (Å²) in [6.07, 6.45) is 8.06. The molecule has 0 aliphatic rings. The predicted molar refractivity (Wildman–Crippen MR) is 57.9 cm³/mol. The number of ether oxygens (including phenoxy) is 1. The molecule has 0 aliphatic heterocycles. The third-order valence-electron chi connectivity index (χ3n) is 1.57. The van der Waals surface area contributed by atoms with Gasteiger partial charge in [0.2, 0.25) is 0 Å². The molecule has 0 aromatic carbocycles. The Hall–Kier alpha value is -1.53. The molecule has 0 fully saturated rings. The Morgan fingerprint density at radius 1 is 1.79 bits per heavy atom. The van der Waals surface area contributed by atoms with E-state index in [4.69, 9.17) is 6.42 Å². The van der Waals surface area contributed by atoms with Crippen LogP contribution in [0.1, 0.15) is 10.4 Å². The molecule has 0 saturated heterocycles. The standard InChI is InChI=1S/C11H10O2S/c1-3-7-13-11(12)5-4-10-9(2)6-8-14-10/h1,4-6,8H,7H2,2H3. The number of hydrogen-bond acceptors (Lipinski definition) is 3. The van der Waals surface area contributed by atoms with E-state index in [-0.39, 0.29) is 6.61 Å². The Kier molecular flexibility index (Phi) is 3.96. The van der Waals surface area contributed by atoms with Gasteiger partial charge in [0.1, 0.15) is 0 Å². The Labute approximate surface area is 87.2 Å². The van der Waals surface area contributed by atoms with Gasteiger partial charge in [0.15, 0.2) is 6.61 Å². The van der Waals surface area contributed by atoms with Crippen molar-refractivity contribution in [3.63, 3.8) is 0 Å². The maximum Gasteiger partial charge on any atom is 0.331 e. The second-order valence-corrected chi connectivity index (χ2v) is 3.56. The lowest BCUT2D eigenvalue weighted by molar-refractivity contribution is -0.136. The van der Waals surface area contributed by atoms with Crippen LogP contribution in [0.5, 0.6) is 0 Å². The first-order valence-electron chi connectivity index (χ1n) is 4.06. The number of thiophene rings is 1. The lowest BCUT2D eigenvalue weighted by Crippen LogP contribution is -1.99. The van der Waals surface area contributed by atoms with Crippen molar-refractivity contribution in [3.8, 4) is 12.3 Å². The first-order chi connectivity index (χ1) is 6.74. The zero-order chi connectivity index (χ0) is 10.4. The molecule has 1 aromatic rings. The van der Waals surface area contributed by atoms with Crippen molar-refractivity contribution < 1.29 is 9.53 Å². The van der Waals surface area contributed by atoms with Crippen LogP contribution in [0.4, 0.5) is 0 Å². The molecule has 2 nitrogen and oxygen atoms in total. The van der Waals surface area contributed by atoms with Gasteiger partial charge in [0, 0.05) is 11.0 Å². The van der Waals surface area contributed by atoms with Crippen LogP contribution < -0.4 is 0 Å². The molecule has 0 amide bonds. The van der Waals surface area contributed by atoms with Gasteiger partial charge in [-0.3, -0.25) is 0 Å². The van der Waals surface area contributed by atoms with E-state index in [0.717, 1.165) is 10.4 Å². The highest BCUT2D eigenvalue weighted by Crippen LogP contribution is 2.16. The second-order valence-electron chi connectivity index (χ2n) is 2.61. The van der Waals surface area contributed by atoms with Crippen LogP contribution in [0.25, 0.3) is 6.08 Å². The monoisotopic (exact) mass is 206 g/mol. The van der Waals surface area contributed by atoms with Crippen LogP contribution in [0.2, 0.25) is 0 Å². The van der Waals surface area contributed by atoms with E-state index in [1.54, 1.807) is 17.4 Å². The maximum atomic E-state index is 11.0. The number of hydrogen-bond donors (Lipinski definition) is 0. The van der Waals surface area contributed by atoms with E-state index in [9.17, 15) is 4.79 Å². The summed E-state index contributed by atoms with van der Waals surface area (Å²) in [7, 11) is 0. The van der Waals surface area contributed by atoms with Crippen LogP contribution in [0.15, 0.2) is 17.5 Å². The SMILES string of the molecule is C#CCOC(=O)C=Cc1sccc1C. The lowest BCUT2D eigenvalue weighted by Gasteiger charge is -1.93. The zero-order valence-electron chi connectivity index (χ0n) is 7.82. The van der Waals surface area contributed by atoms with Crippen LogP contribution in [-0.4, -0.2) is 12.6 Å². The van der Waals surface area contributed by atoms with Crippen molar-refractivity contribution in [2.45, 2.75) is 6.92 Å². The number of carbonyl (C=O) groups excluding carboxylic acids is 1. The van der Waals surface area contributed by atoms with Gasteiger partial charge in [0.25, 0.3) is 0 Å². The third kappa shape index (κ3) is 3.08. The highest BCUT2D eigenvalue weighted by atomic mass is 32.1. The molecule has 0 radical (unpaired) electrons. The van der Waals surface area contributed by atoms with Gasteiger partial charge in [-0.2, -0.15) is 0 Å². The van der Waals surface area contributed by atoms with Gasteiger partial charge in [-0.15, -0.1) is 17.8 Å². The van der Waals surface area contributed by atoms with Crippen molar-refractivity contribution in [1.29, 1.82) is 0 Å². The second kappa shape index (κ2) is 5.25. The predicted octanol–water partition coefficient (Wildman–Crippen LogP) is 2.25. The van der Waals surface area contributed by atoms with Gasteiger partial charge >= 0.3 is 5.97 Å². The largest absolute Gasteiger partial charge is 0.449 e. The molecule has 0 saturated carbocycles. The highest BCUT2D eigenvalue weighted by Gasteiger charge is 1.97. The van der Waals surface area contributed by atoms with Crippen LogP contribution in [0.3, 0.4) is 0 Å². The fraction of sp³-hybridized carbons (Fsp3) is 0.182. The van der Waals surface area contributed by atoms with Crippen molar-refractivity contribution >= 4 is 23.4 Å². The summed E-state index contributed by atoms with van der Waals surface area (Å²) < 4.78 is 4.67. The smallest absolute Gasteiger partial charge is 0.331 e. The van der Waals surface area contributed by atoms with E-state index in [2.05, 4.69) is 10.7 Å². The van der Waals surface area contributed by atoms with Crippen molar-refractivity contribution in [2.75, 3.05) is 6.61 Å². The number of rotatable bonds is 3. The van der Waals surface area contributed by atoms with Crippen molar-refractivity contribution in [1.82, 2.24) is 0 Å². The normalized spacial score (nSPS) is 10.0. The summed E-state index contributed by atoms with van der Waals surface area (Å²) >= 11 is 1.58. The van der Waals surface area contributed by atoms with Crippen molar-refractivity contribution in [2.24, 2.45) is 0 Å². The fourth-order valence-corrected chi connectivity index (χ4v) is 1.68. The minimum Gasteiger partial charge on any atom is -0.449 e. The molecular formula is C11H10O2S. The maximum absolute atomic E-state index is 11.0. The quantitative estimate of drug-likeness (QED) is 0.431. The molecule has 1 aromatic heterocycles. The number of carbonyl (C=O) groups is 1. The molecule has 14 heavy (non-hydrogen) atoms. The fourth-order valence-electron chi connectivity index (χ4n) is 0.860. The van der Waals surface area contributed by atoms with Crippen LogP contribution >= 0.6 is 11.3 Å². The summed E-state index contributed by atoms with van der Waals surface area (Å²) in [5.74, 6) is 1.82. The van der Waals surface area contributed by atoms with E-state index in [1.807, 2.05) is 18.4 Å². The topological polar surface area (TPSA) is 26.3 Å². The average Bonchev–Trinajstić information content (AvgIpc) is 2.58. The molecule has 72 valence electrons. The molecule has 0 N–H and O–H groups in total. The number of terminal acetylenes is 1. The summed E-state index contributed by atoms with van der Waals surface area (Å²) in [5.41, 5.74) is 1.15.